The summed E-state index contributed by atoms with van der Waals surface area (Å²) in [6, 6.07) is 0.778. The minimum absolute atomic E-state index is 0.778. The molecule has 0 heterocycles. The van der Waals surface area contributed by atoms with Crippen LogP contribution in [0.15, 0.2) is 0 Å². The topological polar surface area (TPSA) is 15.3 Å². The highest BCUT2D eigenvalue weighted by molar-refractivity contribution is 4.82. The first-order valence-electron chi connectivity index (χ1n) is 8.05. The molecule has 0 amide bonds. The van der Waals surface area contributed by atoms with Gasteiger partial charge in [0.05, 0.1) is 0 Å². The van der Waals surface area contributed by atoms with E-state index in [9.17, 15) is 0 Å². The first-order chi connectivity index (χ1) is 8.63. The molecular weight excluding hydrogens is 220 g/mol. The Morgan fingerprint density at radius 1 is 1.22 bits per heavy atom. The molecular formula is C16H34N2. The van der Waals surface area contributed by atoms with Crippen molar-refractivity contribution >= 4 is 0 Å². The van der Waals surface area contributed by atoms with Crippen molar-refractivity contribution in [3.8, 4) is 0 Å². The average Bonchev–Trinajstić information content (AvgIpc) is 2.35. The largest absolute Gasteiger partial charge is 0.314 e. The molecule has 2 atom stereocenters. The zero-order valence-electron chi connectivity index (χ0n) is 13.0. The predicted molar refractivity (Wildman–Crippen MR) is 81.0 cm³/mol. The molecule has 2 nitrogen and oxygen atoms in total. The van der Waals surface area contributed by atoms with Crippen LogP contribution in [-0.4, -0.2) is 37.6 Å². The molecule has 1 rings (SSSR count). The number of nitrogens with zero attached hydrogens (tertiary/aromatic N) is 1. The number of rotatable bonds is 8. The minimum Gasteiger partial charge on any atom is -0.314 e. The standard InChI is InChI=1S/C16H34N2/c1-5-11-17-16-9-7-6-8-15(16)13-18(4)12-10-14(2)3/h14-17H,5-13H2,1-4H3. The summed E-state index contributed by atoms with van der Waals surface area (Å²) in [5, 5.41) is 3.76. The normalized spacial score (nSPS) is 25.0. The molecule has 0 bridgehead atoms. The van der Waals surface area contributed by atoms with Crippen molar-refractivity contribution < 1.29 is 0 Å². The molecule has 1 fully saturated rings. The predicted octanol–water partition coefficient (Wildman–Crippen LogP) is 3.52. The van der Waals surface area contributed by atoms with Gasteiger partial charge in [-0.2, -0.15) is 0 Å². The van der Waals surface area contributed by atoms with Crippen LogP contribution < -0.4 is 5.32 Å². The maximum Gasteiger partial charge on any atom is 0.0107 e. The Bertz CT molecular complexity index is 203. The lowest BCUT2D eigenvalue weighted by atomic mass is 9.84. The number of hydrogen-bond donors (Lipinski definition) is 1. The van der Waals surface area contributed by atoms with Crippen LogP contribution in [0.3, 0.4) is 0 Å². The summed E-state index contributed by atoms with van der Waals surface area (Å²) >= 11 is 0. The molecule has 1 N–H and O–H groups in total. The summed E-state index contributed by atoms with van der Waals surface area (Å²) in [7, 11) is 2.30. The van der Waals surface area contributed by atoms with Gasteiger partial charge in [0.2, 0.25) is 0 Å². The monoisotopic (exact) mass is 254 g/mol. The third-order valence-electron chi connectivity index (χ3n) is 4.20. The van der Waals surface area contributed by atoms with Crippen LogP contribution in [0.5, 0.6) is 0 Å². The Hall–Kier alpha value is -0.0800. The van der Waals surface area contributed by atoms with E-state index in [1.165, 1.54) is 58.2 Å². The summed E-state index contributed by atoms with van der Waals surface area (Å²) in [5.74, 6) is 1.70. The molecule has 18 heavy (non-hydrogen) atoms. The number of nitrogens with one attached hydrogen (secondary N) is 1. The molecule has 0 aromatic heterocycles. The van der Waals surface area contributed by atoms with E-state index < -0.39 is 0 Å². The van der Waals surface area contributed by atoms with Gasteiger partial charge in [0.25, 0.3) is 0 Å². The summed E-state index contributed by atoms with van der Waals surface area (Å²) in [6.07, 6.45) is 8.26. The van der Waals surface area contributed by atoms with Gasteiger partial charge in [-0.05, 0) is 57.7 Å². The zero-order chi connectivity index (χ0) is 13.4. The van der Waals surface area contributed by atoms with Gasteiger partial charge in [0.1, 0.15) is 0 Å². The van der Waals surface area contributed by atoms with Crippen LogP contribution in [0.2, 0.25) is 0 Å². The Kier molecular flexibility index (Phi) is 7.92. The molecule has 0 saturated heterocycles. The highest BCUT2D eigenvalue weighted by Crippen LogP contribution is 2.25. The van der Waals surface area contributed by atoms with Crippen molar-refractivity contribution in [1.29, 1.82) is 0 Å². The lowest BCUT2D eigenvalue weighted by Gasteiger charge is -2.35. The Balaban J connectivity index is 2.31. The first-order valence-corrected chi connectivity index (χ1v) is 8.05. The molecule has 0 spiro atoms. The second-order valence-electron chi connectivity index (χ2n) is 6.55. The van der Waals surface area contributed by atoms with Gasteiger partial charge in [-0.15, -0.1) is 0 Å². The molecule has 2 heteroatoms. The van der Waals surface area contributed by atoms with Crippen molar-refractivity contribution in [3.05, 3.63) is 0 Å². The minimum atomic E-state index is 0.778. The third-order valence-corrected chi connectivity index (χ3v) is 4.20. The van der Waals surface area contributed by atoms with Crippen LogP contribution in [0.25, 0.3) is 0 Å². The fourth-order valence-electron chi connectivity index (χ4n) is 2.99. The van der Waals surface area contributed by atoms with E-state index in [4.69, 9.17) is 0 Å². The van der Waals surface area contributed by atoms with E-state index in [-0.39, 0.29) is 0 Å². The second kappa shape index (κ2) is 8.92. The van der Waals surface area contributed by atoms with Gasteiger partial charge in [-0.3, -0.25) is 0 Å². The van der Waals surface area contributed by atoms with Gasteiger partial charge in [0.15, 0.2) is 0 Å². The maximum absolute atomic E-state index is 3.76. The molecule has 1 saturated carbocycles. The number of hydrogen-bond acceptors (Lipinski definition) is 2. The fraction of sp³-hybridized carbons (Fsp3) is 1.00. The van der Waals surface area contributed by atoms with E-state index in [0.29, 0.717) is 0 Å². The maximum atomic E-state index is 3.76. The van der Waals surface area contributed by atoms with E-state index in [1.807, 2.05) is 0 Å². The lowest BCUT2D eigenvalue weighted by Crippen LogP contribution is -2.44. The van der Waals surface area contributed by atoms with Crippen LogP contribution in [-0.2, 0) is 0 Å². The van der Waals surface area contributed by atoms with E-state index in [2.05, 4.69) is 38.0 Å². The third kappa shape index (κ3) is 6.19. The fourth-order valence-corrected chi connectivity index (χ4v) is 2.99. The van der Waals surface area contributed by atoms with Crippen molar-refractivity contribution in [2.24, 2.45) is 11.8 Å². The summed E-state index contributed by atoms with van der Waals surface area (Å²) < 4.78 is 0. The van der Waals surface area contributed by atoms with Crippen LogP contribution in [0.4, 0.5) is 0 Å². The molecule has 2 unspecified atom stereocenters. The van der Waals surface area contributed by atoms with Crippen molar-refractivity contribution in [3.63, 3.8) is 0 Å². The van der Waals surface area contributed by atoms with Crippen LogP contribution in [0, 0.1) is 11.8 Å². The SMILES string of the molecule is CCCNC1CCCCC1CN(C)CCC(C)C. The molecule has 0 aromatic rings. The lowest BCUT2D eigenvalue weighted by molar-refractivity contribution is 0.184. The van der Waals surface area contributed by atoms with Gasteiger partial charge >= 0.3 is 0 Å². The zero-order valence-corrected chi connectivity index (χ0v) is 13.0. The Morgan fingerprint density at radius 3 is 2.61 bits per heavy atom. The average molecular weight is 254 g/mol. The van der Waals surface area contributed by atoms with Crippen molar-refractivity contribution in [1.82, 2.24) is 10.2 Å². The van der Waals surface area contributed by atoms with Crippen LogP contribution >= 0.6 is 0 Å². The molecule has 108 valence electrons. The van der Waals surface area contributed by atoms with Gasteiger partial charge < -0.3 is 10.2 Å². The van der Waals surface area contributed by atoms with Gasteiger partial charge in [0, 0.05) is 12.6 Å². The van der Waals surface area contributed by atoms with E-state index in [1.54, 1.807) is 0 Å². The van der Waals surface area contributed by atoms with E-state index >= 15 is 0 Å². The summed E-state index contributed by atoms with van der Waals surface area (Å²) in [4.78, 5) is 2.55. The van der Waals surface area contributed by atoms with Crippen molar-refractivity contribution in [2.75, 3.05) is 26.7 Å². The van der Waals surface area contributed by atoms with Crippen LogP contribution in [0.1, 0.15) is 59.3 Å². The first kappa shape index (κ1) is 16.0. The molecule has 0 aromatic carbocycles. The highest BCUT2D eigenvalue weighted by Gasteiger charge is 2.25. The van der Waals surface area contributed by atoms with Crippen molar-refractivity contribution in [2.45, 2.75) is 65.3 Å². The smallest absolute Gasteiger partial charge is 0.0107 e. The quantitative estimate of drug-likeness (QED) is 0.713. The summed E-state index contributed by atoms with van der Waals surface area (Å²) in [6.45, 7) is 10.6. The van der Waals surface area contributed by atoms with E-state index in [0.717, 1.165) is 17.9 Å². The second-order valence-corrected chi connectivity index (χ2v) is 6.55. The molecule has 0 radical (unpaired) electrons. The summed E-state index contributed by atoms with van der Waals surface area (Å²) in [5.41, 5.74) is 0. The molecule has 0 aliphatic heterocycles. The molecule has 1 aliphatic rings. The highest BCUT2D eigenvalue weighted by atomic mass is 15.1. The Morgan fingerprint density at radius 2 is 1.94 bits per heavy atom. The van der Waals surface area contributed by atoms with Gasteiger partial charge in [-0.25, -0.2) is 0 Å². The Labute approximate surface area is 115 Å². The van der Waals surface area contributed by atoms with Gasteiger partial charge in [-0.1, -0.05) is 33.6 Å². The molecule has 1 aliphatic carbocycles.